The minimum atomic E-state index is -1.74. The topological polar surface area (TPSA) is 9.23 Å². The Morgan fingerprint density at radius 2 is 1.24 bits per heavy atom. The van der Waals surface area contributed by atoms with Crippen molar-refractivity contribution in [1.82, 2.24) is 0 Å². The van der Waals surface area contributed by atoms with Crippen molar-refractivity contribution in [2.75, 3.05) is 6.61 Å². The summed E-state index contributed by atoms with van der Waals surface area (Å²) >= 11 is 0. The largest absolute Gasteiger partial charge is 0.379 e. The maximum Gasteiger partial charge on any atom is 0.161 e. The van der Waals surface area contributed by atoms with Gasteiger partial charge in [0.2, 0.25) is 0 Å². The lowest BCUT2D eigenvalue weighted by atomic mass is 9.77. The molecule has 1 saturated carbocycles. The van der Waals surface area contributed by atoms with Crippen LogP contribution in [0.25, 0.3) is 11.1 Å². The van der Waals surface area contributed by atoms with E-state index in [1.54, 1.807) is 55.5 Å². The first kappa shape index (κ1) is 24.0. The van der Waals surface area contributed by atoms with E-state index in [1.807, 2.05) is 6.92 Å². The second-order valence-corrected chi connectivity index (χ2v) is 9.12. The van der Waals surface area contributed by atoms with Crippen LogP contribution in [0.2, 0.25) is 0 Å². The van der Waals surface area contributed by atoms with Crippen LogP contribution in [0.1, 0.15) is 57.1 Å². The van der Waals surface area contributed by atoms with Gasteiger partial charge in [-0.1, -0.05) is 55.5 Å². The standard InChI is InChI=1S/C28H32F4O/c1-3-17-11-14-22(26(30)25(17)29)18-5-7-19(8-6-18)23-15-16-24(28(32)27(23)31)20-9-12-21(13-10-20)33-4-2/h5-8,11,14-16,20-21,25-28H,3-4,9-10,12-13H2,1-2H3. The lowest BCUT2D eigenvalue weighted by molar-refractivity contribution is 0.0274. The molecule has 3 aliphatic carbocycles. The number of hydrogen-bond donors (Lipinski definition) is 0. The van der Waals surface area contributed by atoms with Crippen LogP contribution in [0.5, 0.6) is 0 Å². The molecule has 0 aliphatic heterocycles. The maximum atomic E-state index is 15.1. The molecule has 0 heterocycles. The fourth-order valence-electron chi connectivity index (χ4n) is 5.26. The van der Waals surface area contributed by atoms with Crippen molar-refractivity contribution in [1.29, 1.82) is 0 Å². The molecule has 1 nitrogen and oxygen atoms in total. The molecule has 1 aromatic rings. The number of benzene rings is 1. The molecular weight excluding hydrogens is 428 g/mol. The highest BCUT2D eigenvalue weighted by Crippen LogP contribution is 2.41. The van der Waals surface area contributed by atoms with Crippen LogP contribution in [0.3, 0.4) is 0 Å². The van der Waals surface area contributed by atoms with Crippen LogP contribution in [-0.4, -0.2) is 37.4 Å². The van der Waals surface area contributed by atoms with E-state index in [1.165, 1.54) is 0 Å². The first-order valence-electron chi connectivity index (χ1n) is 12.1. The number of hydrogen-bond acceptors (Lipinski definition) is 1. The van der Waals surface area contributed by atoms with E-state index >= 15 is 8.78 Å². The molecule has 1 fully saturated rings. The number of alkyl halides is 4. The highest BCUT2D eigenvalue weighted by molar-refractivity contribution is 5.77. The molecule has 4 atom stereocenters. The van der Waals surface area contributed by atoms with Gasteiger partial charge in [-0.15, -0.1) is 0 Å². The van der Waals surface area contributed by atoms with Gasteiger partial charge in [0.25, 0.3) is 0 Å². The number of rotatable bonds is 6. The molecule has 178 valence electrons. The summed E-state index contributed by atoms with van der Waals surface area (Å²) in [7, 11) is 0. The first-order chi connectivity index (χ1) is 15.9. The number of ether oxygens (including phenoxy) is 1. The zero-order chi connectivity index (χ0) is 23.5. The molecule has 0 aromatic heterocycles. The van der Waals surface area contributed by atoms with Crippen molar-refractivity contribution >= 4 is 11.1 Å². The highest BCUT2D eigenvalue weighted by atomic mass is 19.2. The number of halogens is 4. The molecule has 5 heteroatoms. The van der Waals surface area contributed by atoms with E-state index in [-0.39, 0.29) is 23.2 Å². The van der Waals surface area contributed by atoms with Crippen LogP contribution in [0, 0.1) is 5.92 Å². The van der Waals surface area contributed by atoms with E-state index < -0.39 is 24.7 Å². The molecule has 4 rings (SSSR count). The summed E-state index contributed by atoms with van der Waals surface area (Å²) in [4.78, 5) is 0. The van der Waals surface area contributed by atoms with E-state index in [0.717, 1.165) is 25.7 Å². The van der Waals surface area contributed by atoms with Gasteiger partial charge in [-0.3, -0.25) is 0 Å². The molecule has 0 N–H and O–H groups in total. The van der Waals surface area contributed by atoms with Gasteiger partial charge in [0.05, 0.1) is 6.10 Å². The summed E-state index contributed by atoms with van der Waals surface area (Å²) in [6, 6.07) is 6.62. The Morgan fingerprint density at radius 3 is 1.79 bits per heavy atom. The molecule has 33 heavy (non-hydrogen) atoms. The van der Waals surface area contributed by atoms with Gasteiger partial charge in [0, 0.05) is 6.61 Å². The van der Waals surface area contributed by atoms with E-state index in [9.17, 15) is 8.78 Å². The van der Waals surface area contributed by atoms with E-state index in [4.69, 9.17) is 4.74 Å². The van der Waals surface area contributed by atoms with Gasteiger partial charge in [-0.25, -0.2) is 17.6 Å². The molecule has 3 aliphatic rings. The molecular formula is C28H32F4O. The quantitative estimate of drug-likeness (QED) is 0.396. The Labute approximate surface area is 193 Å². The van der Waals surface area contributed by atoms with Crippen LogP contribution >= 0.6 is 0 Å². The lowest BCUT2D eigenvalue weighted by Gasteiger charge is -2.33. The molecule has 4 unspecified atom stereocenters. The van der Waals surface area contributed by atoms with Crippen LogP contribution < -0.4 is 0 Å². The Hall–Kier alpha value is -2.14. The third-order valence-electron chi connectivity index (χ3n) is 7.22. The lowest BCUT2D eigenvalue weighted by Crippen LogP contribution is -2.31. The summed E-state index contributed by atoms with van der Waals surface area (Å²) in [6.07, 6.45) is 3.92. The second kappa shape index (κ2) is 10.4. The summed E-state index contributed by atoms with van der Waals surface area (Å²) in [5.74, 6) is 0.0459. The molecule has 1 aromatic carbocycles. The van der Waals surface area contributed by atoms with Gasteiger partial charge in [-0.2, -0.15) is 0 Å². The second-order valence-electron chi connectivity index (χ2n) is 9.12. The van der Waals surface area contributed by atoms with Crippen LogP contribution in [0.15, 0.2) is 59.7 Å². The molecule has 0 radical (unpaired) electrons. The van der Waals surface area contributed by atoms with Gasteiger partial charge >= 0.3 is 0 Å². The van der Waals surface area contributed by atoms with Crippen LogP contribution in [-0.2, 0) is 4.74 Å². The van der Waals surface area contributed by atoms with Crippen molar-refractivity contribution in [3.05, 3.63) is 70.8 Å². The minimum absolute atomic E-state index is 0.0459. The summed E-state index contributed by atoms with van der Waals surface area (Å²) in [6.45, 7) is 4.45. The van der Waals surface area contributed by atoms with Crippen molar-refractivity contribution in [3.63, 3.8) is 0 Å². The third kappa shape index (κ3) is 4.89. The normalized spacial score (nSPS) is 32.5. The van der Waals surface area contributed by atoms with E-state index in [0.29, 0.717) is 35.3 Å². The average Bonchev–Trinajstić information content (AvgIpc) is 2.84. The third-order valence-corrected chi connectivity index (χ3v) is 7.22. The number of allylic oxidation sites excluding steroid dienone is 8. The highest BCUT2D eigenvalue weighted by Gasteiger charge is 2.36. The maximum absolute atomic E-state index is 15.1. The monoisotopic (exact) mass is 460 g/mol. The fraction of sp³-hybridized carbons (Fsp3) is 0.500. The zero-order valence-corrected chi connectivity index (χ0v) is 19.2. The predicted molar refractivity (Wildman–Crippen MR) is 126 cm³/mol. The summed E-state index contributed by atoms with van der Waals surface area (Å²) in [5.41, 5.74) is 2.64. The first-order valence-corrected chi connectivity index (χ1v) is 12.1. The van der Waals surface area contributed by atoms with Gasteiger partial charge in [0.15, 0.2) is 24.7 Å². The SMILES string of the molecule is CCOC1CCC(C2=CC=C(c3ccc(C4=CC=C(CC)C(F)C4F)cc3)C(F)C2F)CC1. The van der Waals surface area contributed by atoms with Crippen molar-refractivity contribution in [2.45, 2.75) is 76.7 Å². The van der Waals surface area contributed by atoms with Crippen molar-refractivity contribution < 1.29 is 22.3 Å². The zero-order valence-electron chi connectivity index (χ0n) is 19.2. The Morgan fingerprint density at radius 1 is 0.697 bits per heavy atom. The van der Waals surface area contributed by atoms with Crippen LogP contribution in [0.4, 0.5) is 17.6 Å². The molecule has 0 amide bonds. The molecule has 0 spiro atoms. The summed E-state index contributed by atoms with van der Waals surface area (Å²) in [5, 5.41) is 0. The summed E-state index contributed by atoms with van der Waals surface area (Å²) < 4.78 is 64.8. The van der Waals surface area contributed by atoms with Crippen molar-refractivity contribution in [2.24, 2.45) is 5.92 Å². The average molecular weight is 461 g/mol. The van der Waals surface area contributed by atoms with Crippen molar-refractivity contribution in [3.8, 4) is 0 Å². The minimum Gasteiger partial charge on any atom is -0.379 e. The van der Waals surface area contributed by atoms with Gasteiger partial charge < -0.3 is 4.74 Å². The smallest absolute Gasteiger partial charge is 0.161 e. The van der Waals surface area contributed by atoms with E-state index in [2.05, 4.69) is 0 Å². The Balaban J connectivity index is 1.50. The fourth-order valence-corrected chi connectivity index (χ4v) is 5.26. The molecule has 0 bridgehead atoms. The van der Waals surface area contributed by atoms with Gasteiger partial charge in [0.1, 0.15) is 0 Å². The Kier molecular flexibility index (Phi) is 7.58. The van der Waals surface area contributed by atoms with Gasteiger partial charge in [-0.05, 0) is 78.4 Å². The Bertz CT molecular complexity index is 951. The predicted octanol–water partition coefficient (Wildman–Crippen LogP) is 7.69. The molecule has 0 saturated heterocycles.